The maximum atomic E-state index is 11.9. The molecule has 1 heterocycles. The summed E-state index contributed by atoms with van der Waals surface area (Å²) in [5.41, 5.74) is 0.880. The van der Waals surface area contributed by atoms with E-state index < -0.39 is 0 Å². The smallest absolute Gasteiger partial charge is 0.293 e. The first kappa shape index (κ1) is 13.7. The molecule has 1 fully saturated rings. The van der Waals surface area contributed by atoms with Gasteiger partial charge in [-0.3, -0.25) is 14.5 Å². The van der Waals surface area contributed by atoms with Crippen LogP contribution >= 0.6 is 11.8 Å². The molecule has 0 atom stereocenters. The minimum atomic E-state index is -0.216. The Morgan fingerprint density at radius 3 is 2.42 bits per heavy atom. The summed E-state index contributed by atoms with van der Waals surface area (Å²) in [5.74, 6) is 0.577. The van der Waals surface area contributed by atoms with Crippen molar-refractivity contribution < 1.29 is 14.3 Å². The van der Waals surface area contributed by atoms with Crippen molar-refractivity contribution in [2.75, 3.05) is 13.2 Å². The van der Waals surface area contributed by atoms with Crippen molar-refractivity contribution in [1.82, 2.24) is 4.90 Å². The predicted molar refractivity (Wildman–Crippen MR) is 76.0 cm³/mol. The first-order valence-electron chi connectivity index (χ1n) is 6.14. The van der Waals surface area contributed by atoms with Gasteiger partial charge in [-0.05, 0) is 49.4 Å². The van der Waals surface area contributed by atoms with Crippen LogP contribution in [0.25, 0.3) is 6.08 Å². The Bertz CT molecular complexity index is 522. The summed E-state index contributed by atoms with van der Waals surface area (Å²) < 4.78 is 5.35. The topological polar surface area (TPSA) is 46.6 Å². The predicted octanol–water partition coefficient (Wildman–Crippen LogP) is 3.14. The molecule has 1 aliphatic heterocycles. The zero-order valence-corrected chi connectivity index (χ0v) is 11.7. The highest BCUT2D eigenvalue weighted by Gasteiger charge is 2.33. The summed E-state index contributed by atoms with van der Waals surface area (Å²) in [6.45, 7) is 4.74. The van der Waals surface area contributed by atoms with Crippen LogP contribution in [0.2, 0.25) is 0 Å². The molecule has 5 heteroatoms. The summed E-state index contributed by atoms with van der Waals surface area (Å²) in [6.07, 6.45) is 1.73. The molecule has 2 amide bonds. The van der Waals surface area contributed by atoms with Gasteiger partial charge in [-0.15, -0.1) is 0 Å². The van der Waals surface area contributed by atoms with Crippen molar-refractivity contribution in [3.63, 3.8) is 0 Å². The first-order chi connectivity index (χ1) is 9.15. The maximum Gasteiger partial charge on any atom is 0.293 e. The Morgan fingerprint density at radius 2 is 1.89 bits per heavy atom. The number of ether oxygens (including phenoxy) is 1. The van der Waals surface area contributed by atoms with E-state index in [0.717, 1.165) is 23.1 Å². The lowest BCUT2D eigenvalue weighted by Crippen LogP contribution is -2.27. The van der Waals surface area contributed by atoms with Crippen molar-refractivity contribution >= 4 is 29.0 Å². The molecule has 1 aliphatic rings. The number of rotatable bonds is 4. The van der Waals surface area contributed by atoms with Crippen molar-refractivity contribution in [3.05, 3.63) is 34.7 Å². The Kier molecular flexibility index (Phi) is 4.27. The minimum absolute atomic E-state index is 0.204. The fraction of sp³-hybridized carbons (Fsp3) is 0.286. The van der Waals surface area contributed by atoms with E-state index in [-0.39, 0.29) is 11.1 Å². The van der Waals surface area contributed by atoms with Crippen molar-refractivity contribution in [3.8, 4) is 5.75 Å². The van der Waals surface area contributed by atoms with E-state index >= 15 is 0 Å². The number of thioether (sulfide) groups is 1. The van der Waals surface area contributed by atoms with E-state index in [1.54, 1.807) is 13.0 Å². The minimum Gasteiger partial charge on any atom is -0.494 e. The molecule has 1 aromatic carbocycles. The normalized spacial score (nSPS) is 17.4. The van der Waals surface area contributed by atoms with Crippen LogP contribution in [-0.4, -0.2) is 29.2 Å². The SMILES string of the molecule is CCOc1ccc(/C=C2\SC(=O)N(CC)C2=O)cc1. The second kappa shape index (κ2) is 5.93. The highest BCUT2D eigenvalue weighted by Crippen LogP contribution is 2.32. The maximum absolute atomic E-state index is 11.9. The largest absolute Gasteiger partial charge is 0.494 e. The van der Waals surface area contributed by atoms with Gasteiger partial charge in [0.05, 0.1) is 11.5 Å². The van der Waals surface area contributed by atoms with E-state index in [2.05, 4.69) is 0 Å². The van der Waals surface area contributed by atoms with Crippen LogP contribution in [0.3, 0.4) is 0 Å². The molecule has 0 aromatic heterocycles. The summed E-state index contributed by atoms with van der Waals surface area (Å²) in [5, 5.41) is -0.204. The number of hydrogen-bond acceptors (Lipinski definition) is 4. The van der Waals surface area contributed by atoms with E-state index in [9.17, 15) is 9.59 Å². The molecule has 1 saturated heterocycles. The van der Waals surface area contributed by atoms with Gasteiger partial charge in [-0.2, -0.15) is 0 Å². The average molecular weight is 277 g/mol. The second-order valence-corrected chi connectivity index (χ2v) is 4.92. The quantitative estimate of drug-likeness (QED) is 0.793. The molecule has 100 valence electrons. The molecule has 0 N–H and O–H groups in total. The first-order valence-corrected chi connectivity index (χ1v) is 6.95. The zero-order chi connectivity index (χ0) is 13.8. The summed E-state index contributed by atoms with van der Waals surface area (Å²) >= 11 is 0.983. The van der Waals surface area contributed by atoms with E-state index in [1.165, 1.54) is 4.90 Å². The summed E-state index contributed by atoms with van der Waals surface area (Å²) in [6, 6.07) is 7.43. The van der Waals surface area contributed by atoms with Crippen LogP contribution in [0.1, 0.15) is 19.4 Å². The Balaban J connectivity index is 2.18. The molecule has 0 radical (unpaired) electrons. The lowest BCUT2D eigenvalue weighted by atomic mass is 10.2. The highest BCUT2D eigenvalue weighted by molar-refractivity contribution is 8.18. The van der Waals surface area contributed by atoms with Crippen LogP contribution in [0, 0.1) is 0 Å². The number of likely N-dealkylation sites (N-methyl/N-ethyl adjacent to an activating group) is 1. The fourth-order valence-corrected chi connectivity index (χ4v) is 2.65. The lowest BCUT2D eigenvalue weighted by Gasteiger charge is -2.07. The molecule has 2 rings (SSSR count). The Hall–Kier alpha value is -1.75. The molecular formula is C14H15NO3S. The van der Waals surface area contributed by atoms with E-state index in [0.29, 0.717) is 18.1 Å². The molecule has 19 heavy (non-hydrogen) atoms. The van der Waals surface area contributed by atoms with Gasteiger partial charge in [0.25, 0.3) is 11.1 Å². The standard InChI is InChI=1S/C14H15NO3S/c1-3-15-13(16)12(19-14(15)17)9-10-5-7-11(8-6-10)18-4-2/h5-9H,3-4H2,1-2H3/b12-9-. The molecule has 1 aromatic rings. The van der Waals surface area contributed by atoms with Crippen LogP contribution < -0.4 is 4.74 Å². The van der Waals surface area contributed by atoms with Gasteiger partial charge in [0.1, 0.15) is 5.75 Å². The Labute approximate surface area is 116 Å². The molecule has 0 aliphatic carbocycles. The summed E-state index contributed by atoms with van der Waals surface area (Å²) in [4.78, 5) is 25.2. The second-order valence-electron chi connectivity index (χ2n) is 3.93. The molecule has 0 bridgehead atoms. The monoisotopic (exact) mass is 277 g/mol. The molecule has 0 unspecified atom stereocenters. The third-order valence-corrected chi connectivity index (χ3v) is 3.59. The fourth-order valence-electron chi connectivity index (χ4n) is 1.75. The van der Waals surface area contributed by atoms with Gasteiger partial charge < -0.3 is 4.74 Å². The molecule has 0 saturated carbocycles. The number of hydrogen-bond donors (Lipinski definition) is 0. The number of benzene rings is 1. The van der Waals surface area contributed by atoms with Crippen molar-refractivity contribution in [2.45, 2.75) is 13.8 Å². The van der Waals surface area contributed by atoms with Crippen molar-refractivity contribution in [2.24, 2.45) is 0 Å². The van der Waals surface area contributed by atoms with Crippen molar-refractivity contribution in [1.29, 1.82) is 0 Å². The number of imide groups is 1. The number of nitrogens with zero attached hydrogens (tertiary/aromatic N) is 1. The summed E-state index contributed by atoms with van der Waals surface area (Å²) in [7, 11) is 0. The van der Waals surface area contributed by atoms with Gasteiger partial charge in [0.2, 0.25) is 0 Å². The van der Waals surface area contributed by atoms with Crippen LogP contribution in [0.5, 0.6) is 5.75 Å². The molecule has 4 nitrogen and oxygen atoms in total. The number of amides is 2. The van der Waals surface area contributed by atoms with Crippen LogP contribution in [0.15, 0.2) is 29.2 Å². The van der Waals surface area contributed by atoms with Crippen LogP contribution in [-0.2, 0) is 4.79 Å². The van der Waals surface area contributed by atoms with Gasteiger partial charge in [0.15, 0.2) is 0 Å². The van der Waals surface area contributed by atoms with Gasteiger partial charge in [0, 0.05) is 6.54 Å². The zero-order valence-electron chi connectivity index (χ0n) is 10.9. The third-order valence-electron chi connectivity index (χ3n) is 2.68. The number of carbonyl (C=O) groups excluding carboxylic acids is 2. The van der Waals surface area contributed by atoms with Gasteiger partial charge >= 0.3 is 0 Å². The average Bonchev–Trinajstić information content (AvgIpc) is 2.67. The van der Waals surface area contributed by atoms with Gasteiger partial charge in [-0.25, -0.2) is 0 Å². The van der Waals surface area contributed by atoms with Crippen LogP contribution in [0.4, 0.5) is 4.79 Å². The third kappa shape index (κ3) is 2.98. The Morgan fingerprint density at radius 1 is 1.21 bits per heavy atom. The lowest BCUT2D eigenvalue weighted by molar-refractivity contribution is -0.122. The molecule has 0 spiro atoms. The van der Waals surface area contributed by atoms with E-state index in [1.807, 2.05) is 31.2 Å². The number of carbonyl (C=O) groups is 2. The van der Waals surface area contributed by atoms with Gasteiger partial charge in [-0.1, -0.05) is 12.1 Å². The highest BCUT2D eigenvalue weighted by atomic mass is 32.2. The molecular weight excluding hydrogens is 262 g/mol. The van der Waals surface area contributed by atoms with E-state index in [4.69, 9.17) is 4.74 Å².